The average Bonchev–Trinajstić information content (AvgIpc) is 2.51. The minimum absolute atomic E-state index is 0.0580. The lowest BCUT2D eigenvalue weighted by molar-refractivity contribution is -0.136. The van der Waals surface area contributed by atoms with Crippen LogP contribution in [0.3, 0.4) is 0 Å². The van der Waals surface area contributed by atoms with Crippen molar-refractivity contribution in [3.05, 3.63) is 53.6 Å². The van der Waals surface area contributed by atoms with Crippen molar-refractivity contribution in [1.29, 1.82) is 0 Å². The van der Waals surface area contributed by atoms with Gasteiger partial charge in [0.15, 0.2) is 0 Å². The number of carboxylic acids is 1. The Balaban J connectivity index is 2.12. The lowest BCUT2D eigenvalue weighted by Gasteiger charge is -2.07. The summed E-state index contributed by atoms with van der Waals surface area (Å²) < 4.78 is 0. The van der Waals surface area contributed by atoms with Crippen LogP contribution < -0.4 is 11.1 Å². The van der Waals surface area contributed by atoms with Crippen LogP contribution in [0.4, 0.5) is 17.1 Å². The SMILES string of the molecule is CN=Nc1cc(C(=O)Nc2ccc(CC(=O)O)cc2)ccc1N. The minimum Gasteiger partial charge on any atom is -0.481 e. The number of hydrogen-bond donors (Lipinski definition) is 3. The van der Waals surface area contributed by atoms with Crippen molar-refractivity contribution >= 4 is 28.9 Å². The molecule has 0 aliphatic carbocycles. The summed E-state index contributed by atoms with van der Waals surface area (Å²) in [4.78, 5) is 22.9. The van der Waals surface area contributed by atoms with Gasteiger partial charge in [0.05, 0.1) is 12.1 Å². The van der Waals surface area contributed by atoms with Gasteiger partial charge in [0, 0.05) is 18.3 Å². The second-order valence-corrected chi connectivity index (χ2v) is 4.80. The molecule has 0 aliphatic heterocycles. The molecular formula is C16H16N4O3. The predicted octanol–water partition coefficient (Wildman–Crippen LogP) is 2.86. The first-order valence-electron chi connectivity index (χ1n) is 6.81. The summed E-state index contributed by atoms with van der Waals surface area (Å²) in [6.07, 6.45) is -0.0580. The first-order valence-corrected chi connectivity index (χ1v) is 6.81. The number of rotatable bonds is 5. The highest BCUT2D eigenvalue weighted by molar-refractivity contribution is 6.05. The number of anilines is 2. The van der Waals surface area contributed by atoms with Crippen LogP contribution in [0.5, 0.6) is 0 Å². The molecule has 7 heteroatoms. The van der Waals surface area contributed by atoms with Crippen LogP contribution in [-0.4, -0.2) is 24.0 Å². The Morgan fingerprint density at radius 3 is 2.48 bits per heavy atom. The molecular weight excluding hydrogens is 296 g/mol. The molecule has 0 bridgehead atoms. The number of nitrogen functional groups attached to an aromatic ring is 1. The monoisotopic (exact) mass is 312 g/mol. The van der Waals surface area contributed by atoms with E-state index in [-0.39, 0.29) is 12.3 Å². The molecule has 0 aromatic heterocycles. The third kappa shape index (κ3) is 4.37. The van der Waals surface area contributed by atoms with Crippen molar-refractivity contribution in [2.24, 2.45) is 10.2 Å². The number of nitrogens with one attached hydrogen (secondary N) is 1. The van der Waals surface area contributed by atoms with Crippen LogP contribution in [0.2, 0.25) is 0 Å². The normalized spacial score (nSPS) is 10.7. The summed E-state index contributed by atoms with van der Waals surface area (Å²) in [6.45, 7) is 0. The minimum atomic E-state index is -0.902. The van der Waals surface area contributed by atoms with Gasteiger partial charge in [-0.05, 0) is 35.9 Å². The predicted molar refractivity (Wildman–Crippen MR) is 87.0 cm³/mol. The van der Waals surface area contributed by atoms with Crippen LogP contribution in [0.25, 0.3) is 0 Å². The van der Waals surface area contributed by atoms with Crippen molar-refractivity contribution in [2.45, 2.75) is 6.42 Å². The molecule has 1 amide bonds. The Bertz CT molecular complexity index is 754. The van der Waals surface area contributed by atoms with E-state index in [1.807, 2.05) is 0 Å². The molecule has 2 aromatic carbocycles. The lowest BCUT2D eigenvalue weighted by Crippen LogP contribution is -2.12. The van der Waals surface area contributed by atoms with E-state index in [2.05, 4.69) is 15.5 Å². The Morgan fingerprint density at radius 1 is 1.17 bits per heavy atom. The number of aliphatic carboxylic acids is 1. The fourth-order valence-electron chi connectivity index (χ4n) is 1.96. The van der Waals surface area contributed by atoms with E-state index in [1.165, 1.54) is 7.05 Å². The van der Waals surface area contributed by atoms with Crippen LogP contribution >= 0.6 is 0 Å². The number of nitrogens with two attached hydrogens (primary N) is 1. The standard InChI is InChI=1S/C16H16N4O3/c1-18-20-14-9-11(4-7-13(14)17)16(23)19-12-5-2-10(3-6-12)8-15(21)22/h2-7,9H,8,17H2,1H3,(H,19,23)(H,21,22). The zero-order valence-corrected chi connectivity index (χ0v) is 12.5. The number of azo groups is 1. The molecule has 2 rings (SSSR count). The van der Waals surface area contributed by atoms with Crippen LogP contribution in [0.1, 0.15) is 15.9 Å². The van der Waals surface area contributed by atoms with Crippen molar-refractivity contribution in [1.82, 2.24) is 0 Å². The maximum Gasteiger partial charge on any atom is 0.307 e. The maximum atomic E-state index is 12.2. The number of carboxylic acid groups (broad SMARTS) is 1. The molecule has 0 aliphatic rings. The summed E-state index contributed by atoms with van der Waals surface area (Å²) in [5, 5.41) is 19.0. The fourth-order valence-corrected chi connectivity index (χ4v) is 1.96. The van der Waals surface area contributed by atoms with Gasteiger partial charge in [-0.1, -0.05) is 12.1 Å². The van der Waals surface area contributed by atoms with E-state index in [4.69, 9.17) is 10.8 Å². The zero-order chi connectivity index (χ0) is 16.8. The molecule has 0 radical (unpaired) electrons. The summed E-state index contributed by atoms with van der Waals surface area (Å²) in [5.41, 5.74) is 8.24. The molecule has 0 heterocycles. The molecule has 0 saturated carbocycles. The fraction of sp³-hybridized carbons (Fsp3) is 0.125. The van der Waals surface area contributed by atoms with Crippen molar-refractivity contribution in [2.75, 3.05) is 18.1 Å². The summed E-state index contributed by atoms with van der Waals surface area (Å²) in [6, 6.07) is 11.4. The average molecular weight is 312 g/mol. The quantitative estimate of drug-likeness (QED) is 0.581. The Kier molecular flexibility index (Phi) is 5.03. The molecule has 0 spiro atoms. The third-order valence-corrected chi connectivity index (χ3v) is 3.07. The highest BCUT2D eigenvalue weighted by Crippen LogP contribution is 2.24. The second-order valence-electron chi connectivity index (χ2n) is 4.80. The van der Waals surface area contributed by atoms with Gasteiger partial charge < -0.3 is 16.2 Å². The number of amides is 1. The van der Waals surface area contributed by atoms with E-state index >= 15 is 0 Å². The van der Waals surface area contributed by atoms with E-state index in [0.29, 0.717) is 28.2 Å². The first kappa shape index (κ1) is 16.2. The van der Waals surface area contributed by atoms with Gasteiger partial charge >= 0.3 is 5.97 Å². The Hall–Kier alpha value is -3.22. The number of carbonyl (C=O) groups excluding carboxylic acids is 1. The van der Waals surface area contributed by atoms with E-state index < -0.39 is 5.97 Å². The van der Waals surface area contributed by atoms with Gasteiger partial charge in [0.2, 0.25) is 0 Å². The van der Waals surface area contributed by atoms with Crippen molar-refractivity contribution in [3.8, 4) is 0 Å². The van der Waals surface area contributed by atoms with Crippen LogP contribution in [-0.2, 0) is 11.2 Å². The van der Waals surface area contributed by atoms with E-state index in [1.54, 1.807) is 42.5 Å². The number of carbonyl (C=O) groups is 2. The number of hydrogen-bond acceptors (Lipinski definition) is 5. The van der Waals surface area contributed by atoms with Gasteiger partial charge in [-0.3, -0.25) is 9.59 Å². The smallest absolute Gasteiger partial charge is 0.307 e. The molecule has 0 unspecified atom stereocenters. The zero-order valence-electron chi connectivity index (χ0n) is 12.5. The lowest BCUT2D eigenvalue weighted by atomic mass is 10.1. The third-order valence-electron chi connectivity index (χ3n) is 3.07. The molecule has 7 nitrogen and oxygen atoms in total. The second kappa shape index (κ2) is 7.17. The molecule has 118 valence electrons. The molecule has 0 fully saturated rings. The Labute approximate surface area is 132 Å². The van der Waals surface area contributed by atoms with Crippen LogP contribution in [0, 0.1) is 0 Å². The molecule has 23 heavy (non-hydrogen) atoms. The van der Waals surface area contributed by atoms with E-state index in [0.717, 1.165) is 0 Å². The largest absolute Gasteiger partial charge is 0.481 e. The topological polar surface area (TPSA) is 117 Å². The van der Waals surface area contributed by atoms with Crippen LogP contribution in [0.15, 0.2) is 52.7 Å². The maximum absolute atomic E-state index is 12.2. The van der Waals surface area contributed by atoms with E-state index in [9.17, 15) is 9.59 Å². The molecule has 0 atom stereocenters. The van der Waals surface area contributed by atoms with Gasteiger partial charge in [-0.15, -0.1) is 0 Å². The highest BCUT2D eigenvalue weighted by atomic mass is 16.4. The van der Waals surface area contributed by atoms with Gasteiger partial charge in [-0.2, -0.15) is 10.2 Å². The summed E-state index contributed by atoms with van der Waals surface area (Å²) in [7, 11) is 1.52. The summed E-state index contributed by atoms with van der Waals surface area (Å²) >= 11 is 0. The van der Waals surface area contributed by atoms with Crippen molar-refractivity contribution < 1.29 is 14.7 Å². The first-order chi connectivity index (χ1) is 11.0. The summed E-state index contributed by atoms with van der Waals surface area (Å²) in [5.74, 6) is -1.22. The molecule has 4 N–H and O–H groups in total. The molecule has 0 saturated heterocycles. The van der Waals surface area contributed by atoms with Gasteiger partial charge in [0.1, 0.15) is 5.69 Å². The van der Waals surface area contributed by atoms with Gasteiger partial charge in [0.25, 0.3) is 5.91 Å². The number of nitrogens with zero attached hydrogens (tertiary/aromatic N) is 2. The highest BCUT2D eigenvalue weighted by Gasteiger charge is 2.09. The molecule has 2 aromatic rings. The Morgan fingerprint density at radius 2 is 1.87 bits per heavy atom. The van der Waals surface area contributed by atoms with Gasteiger partial charge in [-0.25, -0.2) is 0 Å². The number of benzene rings is 2. The van der Waals surface area contributed by atoms with Crippen molar-refractivity contribution in [3.63, 3.8) is 0 Å².